The molecule has 1 atom stereocenters. The Morgan fingerprint density at radius 1 is 1.15 bits per heavy atom. The number of fused-ring (bicyclic) bond motifs is 1. The molecule has 0 spiro atoms. The zero-order chi connectivity index (χ0) is 19.4. The lowest BCUT2D eigenvalue weighted by molar-refractivity contribution is -0.119. The molecule has 1 unspecified atom stereocenters. The van der Waals surface area contributed by atoms with Crippen molar-refractivity contribution < 1.29 is 14.3 Å². The number of carbonyl (C=O) groups is 1. The minimum atomic E-state index is -0.512. The van der Waals surface area contributed by atoms with Gasteiger partial charge in [-0.3, -0.25) is 9.79 Å². The quantitative estimate of drug-likeness (QED) is 0.732. The van der Waals surface area contributed by atoms with Crippen molar-refractivity contribution in [2.75, 3.05) is 25.7 Å². The second kappa shape index (κ2) is 8.08. The molecule has 1 aliphatic rings. The number of hydrogen-bond donors (Lipinski definition) is 0. The number of methoxy groups -OCH3 is 2. The van der Waals surface area contributed by atoms with E-state index in [1.807, 2.05) is 49.4 Å². The molecular weight excluding hydrogens is 340 g/mol. The highest BCUT2D eigenvalue weighted by Crippen LogP contribution is 2.38. The molecule has 0 fully saturated rings. The second-order valence-corrected chi connectivity index (χ2v) is 6.19. The molecule has 5 nitrogen and oxygen atoms in total. The average molecular weight is 364 g/mol. The summed E-state index contributed by atoms with van der Waals surface area (Å²) in [5, 5.41) is 0. The summed E-state index contributed by atoms with van der Waals surface area (Å²) in [6.45, 7) is 6.28. The van der Waals surface area contributed by atoms with Crippen LogP contribution in [0.5, 0.6) is 11.5 Å². The molecule has 1 amide bonds. The van der Waals surface area contributed by atoms with Crippen LogP contribution in [0.1, 0.15) is 24.5 Å². The van der Waals surface area contributed by atoms with Crippen molar-refractivity contribution in [1.82, 2.24) is 0 Å². The van der Waals surface area contributed by atoms with Gasteiger partial charge in [-0.05, 0) is 19.4 Å². The summed E-state index contributed by atoms with van der Waals surface area (Å²) in [4.78, 5) is 19.8. The van der Waals surface area contributed by atoms with Crippen LogP contribution < -0.4 is 14.4 Å². The maximum atomic E-state index is 13.2. The summed E-state index contributed by atoms with van der Waals surface area (Å²) in [6.07, 6.45) is 2.22. The van der Waals surface area contributed by atoms with E-state index in [4.69, 9.17) is 14.5 Å². The fourth-order valence-electron chi connectivity index (χ4n) is 3.32. The number of ether oxygens (including phenoxy) is 2. The predicted octanol–water partition coefficient (Wildman–Crippen LogP) is 3.85. The molecule has 0 aliphatic carbocycles. The standard InChI is InChI=1S/C22H24N2O3/c1-5-10-17-22(25)24(6-2)18-14-20(27-4)19(26-3)13-16(18)21(23-17)15-11-8-7-9-12-15/h5,7-9,11-14,17H,1,6,10H2,2-4H3. The Kier molecular flexibility index (Phi) is 5.60. The van der Waals surface area contributed by atoms with E-state index >= 15 is 0 Å². The maximum absolute atomic E-state index is 13.2. The van der Waals surface area contributed by atoms with Crippen molar-refractivity contribution in [3.63, 3.8) is 0 Å². The molecule has 0 radical (unpaired) electrons. The van der Waals surface area contributed by atoms with Crippen LogP contribution in [0.4, 0.5) is 5.69 Å². The number of aliphatic imine (C=N–C) groups is 1. The van der Waals surface area contributed by atoms with E-state index < -0.39 is 6.04 Å². The number of benzene rings is 2. The Morgan fingerprint density at radius 3 is 2.41 bits per heavy atom. The van der Waals surface area contributed by atoms with Crippen LogP contribution in [0.15, 0.2) is 60.1 Å². The van der Waals surface area contributed by atoms with Crippen LogP contribution in [-0.4, -0.2) is 38.4 Å². The molecule has 3 rings (SSSR count). The van der Waals surface area contributed by atoms with E-state index in [9.17, 15) is 4.79 Å². The molecule has 0 N–H and O–H groups in total. The third-order valence-corrected chi connectivity index (χ3v) is 4.64. The van der Waals surface area contributed by atoms with Crippen LogP contribution in [0.3, 0.4) is 0 Å². The van der Waals surface area contributed by atoms with Gasteiger partial charge in [0, 0.05) is 23.7 Å². The number of nitrogens with zero attached hydrogens (tertiary/aromatic N) is 2. The summed E-state index contributed by atoms with van der Waals surface area (Å²) < 4.78 is 11.0. The number of hydrogen-bond acceptors (Lipinski definition) is 4. The lowest BCUT2D eigenvalue weighted by Gasteiger charge is -2.24. The highest BCUT2D eigenvalue weighted by molar-refractivity contribution is 6.20. The van der Waals surface area contributed by atoms with Crippen LogP contribution in [0, 0.1) is 0 Å². The zero-order valence-corrected chi connectivity index (χ0v) is 15.9. The molecule has 5 heteroatoms. The average Bonchev–Trinajstić information content (AvgIpc) is 2.82. The fourth-order valence-corrected chi connectivity index (χ4v) is 3.32. The number of likely N-dealkylation sites (N-methyl/N-ethyl adjacent to an activating group) is 1. The van der Waals surface area contributed by atoms with Crippen molar-refractivity contribution in [3.8, 4) is 11.5 Å². The van der Waals surface area contributed by atoms with Crippen molar-refractivity contribution >= 4 is 17.3 Å². The first-order valence-corrected chi connectivity index (χ1v) is 8.96. The van der Waals surface area contributed by atoms with Gasteiger partial charge in [-0.15, -0.1) is 6.58 Å². The number of benzodiazepines with no additional fused rings is 1. The Morgan fingerprint density at radius 2 is 1.81 bits per heavy atom. The van der Waals surface area contributed by atoms with Gasteiger partial charge >= 0.3 is 0 Å². The van der Waals surface area contributed by atoms with Crippen molar-refractivity contribution in [2.45, 2.75) is 19.4 Å². The molecule has 0 saturated heterocycles. The van der Waals surface area contributed by atoms with E-state index in [2.05, 4.69) is 6.58 Å². The SMILES string of the molecule is C=CCC1N=C(c2ccccc2)c2cc(OC)c(OC)cc2N(CC)C1=O. The van der Waals surface area contributed by atoms with E-state index in [0.29, 0.717) is 24.5 Å². The summed E-state index contributed by atoms with van der Waals surface area (Å²) >= 11 is 0. The van der Waals surface area contributed by atoms with Gasteiger partial charge < -0.3 is 14.4 Å². The number of carbonyl (C=O) groups excluding carboxylic acids is 1. The minimum absolute atomic E-state index is 0.0446. The first kappa shape index (κ1) is 18.7. The summed E-state index contributed by atoms with van der Waals surface area (Å²) in [5.74, 6) is 1.14. The van der Waals surface area contributed by atoms with Gasteiger partial charge in [0.1, 0.15) is 6.04 Å². The minimum Gasteiger partial charge on any atom is -0.493 e. The molecular formula is C22H24N2O3. The monoisotopic (exact) mass is 364 g/mol. The van der Waals surface area contributed by atoms with Crippen LogP contribution in [0.2, 0.25) is 0 Å². The summed E-state index contributed by atoms with van der Waals surface area (Å²) in [7, 11) is 3.19. The first-order chi connectivity index (χ1) is 13.1. The second-order valence-electron chi connectivity index (χ2n) is 6.19. The third-order valence-electron chi connectivity index (χ3n) is 4.64. The smallest absolute Gasteiger partial charge is 0.252 e. The van der Waals surface area contributed by atoms with E-state index in [-0.39, 0.29) is 5.91 Å². The molecule has 140 valence electrons. The number of anilines is 1. The van der Waals surface area contributed by atoms with Gasteiger partial charge in [0.15, 0.2) is 11.5 Å². The van der Waals surface area contributed by atoms with Crippen molar-refractivity contribution in [1.29, 1.82) is 0 Å². The van der Waals surface area contributed by atoms with Crippen molar-refractivity contribution in [2.24, 2.45) is 4.99 Å². The van der Waals surface area contributed by atoms with Gasteiger partial charge in [-0.1, -0.05) is 36.4 Å². The van der Waals surface area contributed by atoms with Gasteiger partial charge in [-0.25, -0.2) is 0 Å². The molecule has 0 saturated carbocycles. The fraction of sp³-hybridized carbons (Fsp3) is 0.273. The Hall–Kier alpha value is -3.08. The van der Waals surface area contributed by atoms with E-state index in [1.54, 1.807) is 25.2 Å². The molecule has 27 heavy (non-hydrogen) atoms. The summed E-state index contributed by atoms with van der Waals surface area (Å²) in [5.41, 5.74) is 3.34. The Labute approximate surface area is 159 Å². The van der Waals surface area contributed by atoms with Gasteiger partial charge in [0.25, 0.3) is 5.91 Å². The molecule has 1 aliphatic heterocycles. The van der Waals surface area contributed by atoms with Crippen LogP contribution in [-0.2, 0) is 4.79 Å². The molecule has 1 heterocycles. The zero-order valence-electron chi connectivity index (χ0n) is 15.9. The molecule has 2 aromatic carbocycles. The Bertz CT molecular complexity index is 875. The Balaban J connectivity index is 2.31. The highest BCUT2D eigenvalue weighted by atomic mass is 16.5. The lowest BCUT2D eigenvalue weighted by Crippen LogP contribution is -2.37. The normalized spacial score (nSPS) is 16.3. The third kappa shape index (κ3) is 3.45. The highest BCUT2D eigenvalue weighted by Gasteiger charge is 2.31. The topological polar surface area (TPSA) is 51.1 Å². The summed E-state index contributed by atoms with van der Waals surface area (Å²) in [6, 6.07) is 13.1. The maximum Gasteiger partial charge on any atom is 0.252 e. The lowest BCUT2D eigenvalue weighted by atomic mass is 9.99. The van der Waals surface area contributed by atoms with E-state index in [0.717, 1.165) is 22.5 Å². The molecule has 2 aromatic rings. The van der Waals surface area contributed by atoms with Crippen LogP contribution >= 0.6 is 0 Å². The first-order valence-electron chi connectivity index (χ1n) is 8.96. The number of amides is 1. The van der Waals surface area contributed by atoms with Crippen LogP contribution in [0.25, 0.3) is 0 Å². The van der Waals surface area contributed by atoms with Gasteiger partial charge in [0.2, 0.25) is 0 Å². The van der Waals surface area contributed by atoms with Crippen molar-refractivity contribution in [3.05, 3.63) is 66.2 Å². The van der Waals surface area contributed by atoms with Gasteiger partial charge in [-0.2, -0.15) is 0 Å². The van der Waals surface area contributed by atoms with E-state index in [1.165, 1.54) is 0 Å². The molecule has 0 bridgehead atoms. The molecule has 0 aromatic heterocycles. The van der Waals surface area contributed by atoms with Gasteiger partial charge in [0.05, 0.1) is 25.6 Å². The number of rotatable bonds is 6. The predicted molar refractivity (Wildman–Crippen MR) is 108 cm³/mol. The largest absolute Gasteiger partial charge is 0.493 e.